The molecule has 0 unspecified atom stereocenters. The van der Waals surface area contributed by atoms with Crippen LogP contribution in [0.2, 0.25) is 0 Å². The fraction of sp³-hybridized carbons (Fsp3) is 0.344. The van der Waals surface area contributed by atoms with Gasteiger partial charge in [-0.3, -0.25) is 4.90 Å². The molecule has 0 aliphatic carbocycles. The molecule has 0 spiro atoms. The van der Waals surface area contributed by atoms with Crippen molar-refractivity contribution in [1.82, 2.24) is 30.0 Å². The first-order valence-corrected chi connectivity index (χ1v) is 14.1. The van der Waals surface area contributed by atoms with E-state index in [2.05, 4.69) is 64.9 Å². The molecule has 2 N–H and O–H groups in total. The van der Waals surface area contributed by atoms with Crippen LogP contribution in [0.25, 0.3) is 10.9 Å². The number of amides is 2. The van der Waals surface area contributed by atoms with Crippen molar-refractivity contribution in [1.29, 1.82) is 0 Å². The molecule has 1 aliphatic rings. The molecule has 40 heavy (non-hydrogen) atoms. The predicted molar refractivity (Wildman–Crippen MR) is 161 cm³/mol. The summed E-state index contributed by atoms with van der Waals surface area (Å²) in [6, 6.07) is 28.2. The van der Waals surface area contributed by atoms with Gasteiger partial charge in [-0.15, -0.1) is 0 Å². The van der Waals surface area contributed by atoms with E-state index in [1.54, 1.807) is 0 Å². The van der Waals surface area contributed by atoms with Crippen molar-refractivity contribution in [3.05, 3.63) is 102 Å². The second-order valence-corrected chi connectivity index (χ2v) is 10.6. The molecule has 1 fully saturated rings. The average molecular weight is 538 g/mol. The van der Waals surface area contributed by atoms with E-state index in [9.17, 15) is 4.79 Å². The number of anilines is 1. The smallest absolute Gasteiger partial charge is 0.318 e. The number of rotatable bonds is 10. The summed E-state index contributed by atoms with van der Waals surface area (Å²) in [4.78, 5) is 29.5. The molecule has 1 aliphatic heterocycles. The third-order valence-corrected chi connectivity index (χ3v) is 7.28. The number of nitrogens with zero attached hydrogens (tertiary/aromatic N) is 5. The summed E-state index contributed by atoms with van der Waals surface area (Å²) in [5, 5.41) is 7.85. The van der Waals surface area contributed by atoms with Crippen LogP contribution in [0.3, 0.4) is 0 Å². The monoisotopic (exact) mass is 537 g/mol. The highest BCUT2D eigenvalue weighted by molar-refractivity contribution is 5.89. The van der Waals surface area contributed by atoms with Gasteiger partial charge in [-0.2, -0.15) is 0 Å². The topological polar surface area (TPSA) is 76.6 Å². The van der Waals surface area contributed by atoms with Crippen molar-refractivity contribution < 1.29 is 4.79 Å². The maximum absolute atomic E-state index is 13.3. The van der Waals surface area contributed by atoms with Crippen LogP contribution < -0.4 is 10.6 Å². The van der Waals surface area contributed by atoms with Gasteiger partial charge in [-0.25, -0.2) is 14.8 Å². The van der Waals surface area contributed by atoms with Gasteiger partial charge in [0, 0.05) is 38.1 Å². The molecule has 2 heterocycles. The Morgan fingerprint density at radius 2 is 1.48 bits per heavy atom. The minimum absolute atomic E-state index is 0.0384. The molecule has 1 aromatic heterocycles. The minimum Gasteiger partial charge on any atom is -0.369 e. The van der Waals surface area contributed by atoms with Crippen molar-refractivity contribution in [2.24, 2.45) is 0 Å². The van der Waals surface area contributed by atoms with Crippen LogP contribution in [-0.4, -0.2) is 84.1 Å². The van der Waals surface area contributed by atoms with Crippen LogP contribution in [0.5, 0.6) is 0 Å². The lowest BCUT2D eigenvalue weighted by Crippen LogP contribution is -2.52. The Bertz CT molecular complexity index is 1330. The number of piperazine rings is 1. The quantitative estimate of drug-likeness (QED) is 0.288. The number of carbonyl (C=O) groups is 1. The first-order valence-electron chi connectivity index (χ1n) is 14.1. The van der Waals surface area contributed by atoms with Crippen molar-refractivity contribution in [2.75, 3.05) is 58.7 Å². The number of benzene rings is 3. The van der Waals surface area contributed by atoms with E-state index in [-0.39, 0.29) is 12.1 Å². The van der Waals surface area contributed by atoms with E-state index >= 15 is 0 Å². The lowest BCUT2D eigenvalue weighted by atomic mass is 9.99. The highest BCUT2D eigenvalue weighted by Gasteiger charge is 2.25. The van der Waals surface area contributed by atoms with E-state index in [1.807, 2.05) is 59.5 Å². The van der Waals surface area contributed by atoms with Crippen molar-refractivity contribution >= 4 is 22.8 Å². The molecule has 0 bridgehead atoms. The van der Waals surface area contributed by atoms with Crippen LogP contribution >= 0.6 is 0 Å². The number of urea groups is 1. The third kappa shape index (κ3) is 7.14. The first-order chi connectivity index (χ1) is 19.6. The molecule has 1 saturated heterocycles. The summed E-state index contributed by atoms with van der Waals surface area (Å²) in [7, 11) is 4.18. The number of aromatic nitrogens is 2. The van der Waals surface area contributed by atoms with Crippen molar-refractivity contribution in [2.45, 2.75) is 19.0 Å². The van der Waals surface area contributed by atoms with Crippen molar-refractivity contribution in [3.63, 3.8) is 0 Å². The zero-order valence-electron chi connectivity index (χ0n) is 23.5. The first kappa shape index (κ1) is 27.6. The summed E-state index contributed by atoms with van der Waals surface area (Å²) in [5.74, 6) is 1.70. The zero-order valence-corrected chi connectivity index (χ0v) is 23.5. The molecular formula is C32H39N7O. The zero-order chi connectivity index (χ0) is 27.7. The maximum atomic E-state index is 13.3. The Kier molecular flexibility index (Phi) is 9.21. The standard InChI is InChI=1S/C32H39N7O/c1-37(2)19-11-18-33-31-27-16-9-10-17-28(27)34-29(35-31)24-38-20-22-39(23-21-38)32(40)36-30(25-12-5-3-6-13-25)26-14-7-4-8-15-26/h3-10,12-17,30H,11,18-24H2,1-2H3,(H,36,40)(H,33,34,35). The van der Waals surface area contributed by atoms with Crippen LogP contribution in [0.15, 0.2) is 84.9 Å². The van der Waals surface area contributed by atoms with Gasteiger partial charge >= 0.3 is 6.03 Å². The lowest BCUT2D eigenvalue weighted by molar-refractivity contribution is 0.132. The van der Waals surface area contributed by atoms with Gasteiger partial charge in [-0.1, -0.05) is 72.8 Å². The normalized spacial score (nSPS) is 14.2. The SMILES string of the molecule is CN(C)CCCNc1nc(CN2CCN(C(=O)NC(c3ccccc3)c3ccccc3)CC2)nc2ccccc12. The molecule has 4 aromatic rings. The summed E-state index contributed by atoms with van der Waals surface area (Å²) in [6.45, 7) is 5.41. The average Bonchev–Trinajstić information content (AvgIpc) is 2.99. The Labute approximate surface area is 237 Å². The maximum Gasteiger partial charge on any atom is 0.318 e. The van der Waals surface area contributed by atoms with Gasteiger partial charge in [0.15, 0.2) is 0 Å². The molecule has 0 saturated carbocycles. The molecule has 0 radical (unpaired) electrons. The molecule has 3 aromatic carbocycles. The van der Waals surface area contributed by atoms with Gasteiger partial charge < -0.3 is 20.4 Å². The predicted octanol–water partition coefficient (Wildman–Crippen LogP) is 4.61. The fourth-order valence-corrected chi connectivity index (χ4v) is 5.11. The summed E-state index contributed by atoms with van der Waals surface area (Å²) in [5.41, 5.74) is 3.09. The highest BCUT2D eigenvalue weighted by atomic mass is 16.2. The van der Waals surface area contributed by atoms with E-state index in [0.717, 1.165) is 66.3 Å². The van der Waals surface area contributed by atoms with Gasteiger partial charge in [0.05, 0.1) is 18.1 Å². The fourth-order valence-electron chi connectivity index (χ4n) is 5.11. The van der Waals surface area contributed by atoms with Crippen LogP contribution in [0.1, 0.15) is 29.4 Å². The van der Waals surface area contributed by atoms with E-state index in [0.29, 0.717) is 19.6 Å². The second kappa shape index (κ2) is 13.4. The summed E-state index contributed by atoms with van der Waals surface area (Å²) >= 11 is 0. The molecule has 8 nitrogen and oxygen atoms in total. The highest BCUT2D eigenvalue weighted by Crippen LogP contribution is 2.23. The Balaban J connectivity index is 1.20. The lowest BCUT2D eigenvalue weighted by Gasteiger charge is -2.35. The number of para-hydroxylation sites is 1. The Morgan fingerprint density at radius 3 is 2.12 bits per heavy atom. The summed E-state index contributed by atoms with van der Waals surface area (Å²) < 4.78 is 0. The molecule has 208 valence electrons. The summed E-state index contributed by atoms with van der Waals surface area (Å²) in [6.07, 6.45) is 1.04. The van der Waals surface area contributed by atoms with E-state index in [1.165, 1.54) is 0 Å². The Hall–Kier alpha value is -4.01. The molecule has 0 atom stereocenters. The van der Waals surface area contributed by atoms with Gasteiger partial charge in [0.1, 0.15) is 11.6 Å². The number of hydrogen-bond acceptors (Lipinski definition) is 6. The van der Waals surface area contributed by atoms with Gasteiger partial charge in [-0.05, 0) is 50.3 Å². The van der Waals surface area contributed by atoms with Crippen LogP contribution in [-0.2, 0) is 6.54 Å². The minimum atomic E-state index is -0.192. The number of hydrogen-bond donors (Lipinski definition) is 2. The number of nitrogens with one attached hydrogen (secondary N) is 2. The number of fused-ring (bicyclic) bond motifs is 1. The van der Waals surface area contributed by atoms with Crippen LogP contribution in [0, 0.1) is 0 Å². The van der Waals surface area contributed by atoms with Crippen molar-refractivity contribution in [3.8, 4) is 0 Å². The molecule has 8 heteroatoms. The van der Waals surface area contributed by atoms with E-state index in [4.69, 9.17) is 9.97 Å². The molecule has 2 amide bonds. The second-order valence-electron chi connectivity index (χ2n) is 10.6. The third-order valence-electron chi connectivity index (χ3n) is 7.28. The largest absolute Gasteiger partial charge is 0.369 e. The number of carbonyl (C=O) groups excluding carboxylic acids is 1. The van der Waals surface area contributed by atoms with E-state index < -0.39 is 0 Å². The molecule has 5 rings (SSSR count). The van der Waals surface area contributed by atoms with Crippen LogP contribution in [0.4, 0.5) is 10.6 Å². The Morgan fingerprint density at radius 1 is 0.850 bits per heavy atom. The van der Waals surface area contributed by atoms with Gasteiger partial charge in [0.25, 0.3) is 0 Å². The van der Waals surface area contributed by atoms with Gasteiger partial charge in [0.2, 0.25) is 0 Å². The molecular weight excluding hydrogens is 498 g/mol.